The summed E-state index contributed by atoms with van der Waals surface area (Å²) in [5, 5.41) is 25.2. The summed E-state index contributed by atoms with van der Waals surface area (Å²) in [7, 11) is 0. The van der Waals surface area contributed by atoms with E-state index in [4.69, 9.17) is 33.7 Å². The summed E-state index contributed by atoms with van der Waals surface area (Å²) in [5.74, 6) is 0.528. The van der Waals surface area contributed by atoms with E-state index in [0.717, 1.165) is 72.9 Å². The van der Waals surface area contributed by atoms with Crippen LogP contribution in [0.4, 0.5) is 4.39 Å². The van der Waals surface area contributed by atoms with Gasteiger partial charge in [0.25, 0.3) is 0 Å². The van der Waals surface area contributed by atoms with Crippen molar-refractivity contribution in [2.24, 2.45) is 28.8 Å². The molecule has 3 aliphatic carbocycles. The van der Waals surface area contributed by atoms with Crippen LogP contribution in [0, 0.1) is 29.5 Å². The van der Waals surface area contributed by atoms with Crippen LogP contribution in [0.5, 0.6) is 23.0 Å². The highest BCUT2D eigenvalue weighted by atomic mass is 19.1. The minimum Gasteiger partial charge on any atom is -0.489 e. The van der Waals surface area contributed by atoms with Crippen molar-refractivity contribution in [1.82, 2.24) is 4.90 Å². The Morgan fingerprint density at radius 3 is 2.42 bits per heavy atom. The molecule has 0 spiro atoms. The quantitative estimate of drug-likeness (QED) is 0.0424. The largest absolute Gasteiger partial charge is 0.489 e. The predicted octanol–water partition coefficient (Wildman–Crippen LogP) is 11.0. The predicted molar refractivity (Wildman–Crippen MR) is 261 cm³/mol. The summed E-state index contributed by atoms with van der Waals surface area (Å²) < 4.78 is 47.7. The summed E-state index contributed by atoms with van der Waals surface area (Å²) in [4.78, 5) is 23.7. The Kier molecular flexibility index (Phi) is 16.0. The third-order valence-corrected chi connectivity index (χ3v) is 15.0. The zero-order valence-corrected chi connectivity index (χ0v) is 39.7. The molecule has 0 aromatic heterocycles. The van der Waals surface area contributed by atoms with Gasteiger partial charge in [0.2, 0.25) is 18.5 Å². The van der Waals surface area contributed by atoms with E-state index in [9.17, 15) is 14.6 Å². The van der Waals surface area contributed by atoms with Crippen LogP contribution in [0.2, 0.25) is 0 Å². The van der Waals surface area contributed by atoms with Crippen LogP contribution >= 0.6 is 0 Å². The van der Waals surface area contributed by atoms with E-state index in [1.165, 1.54) is 18.9 Å². The molecule has 0 bridgehead atoms. The number of aliphatic hydroxyl groups is 2. The number of halogens is 1. The standard InChI is InChI=1S/C57H67FN2O9/c1-2-30-67-57-53(60(54(63)27-23-39-14-6-7-15-39)35-41-22-25-51-52(31-41)66-38-65-51)34-49(59-68-36-40-16-4-3-5-17-40)46-32-42(18-10-12-28-61)45(20-11-13-29-62)55(56(46)57)47-33-44(24-26-50(47)69-57)64-37-43-19-8-9-21-48(43)58/h2-5,8-9,16-17,19,21-22,24-26,31-33,39,42,45,53,55-56,61-62H,1,6-7,10-15,18,20,23,27-30,34-38H2/t42-,45+,53-,55+,56+,57+/m0/s1. The molecule has 0 saturated heterocycles. The molecule has 4 aromatic carbocycles. The molecule has 2 heterocycles. The SMILES string of the molecule is C=CCO[C@@]12Oc3ccc(OCc4ccccc4F)cc3[C@H]3[C@H](CCCCO)[C@@H](CCCCO)C=C(C(=NOCc4ccccc4)C[C@@H]1N(Cc1ccc4c(c1)OCO4)C(=O)CCC1CCCC1)[C@H]32. The lowest BCUT2D eigenvalue weighted by Gasteiger charge is -2.60. The average Bonchev–Trinajstić information content (AvgIpc) is 4.08. The van der Waals surface area contributed by atoms with Crippen molar-refractivity contribution in [3.05, 3.63) is 143 Å². The van der Waals surface area contributed by atoms with Crippen molar-refractivity contribution in [2.75, 3.05) is 26.6 Å². The van der Waals surface area contributed by atoms with Gasteiger partial charge < -0.3 is 43.6 Å². The van der Waals surface area contributed by atoms with Gasteiger partial charge in [0.05, 0.1) is 18.2 Å². The second-order valence-corrected chi connectivity index (χ2v) is 19.3. The van der Waals surface area contributed by atoms with Crippen molar-refractivity contribution >= 4 is 11.6 Å². The smallest absolute Gasteiger partial charge is 0.239 e. The fourth-order valence-electron chi connectivity index (χ4n) is 11.7. The average molecular weight is 943 g/mol. The third-order valence-electron chi connectivity index (χ3n) is 15.0. The van der Waals surface area contributed by atoms with E-state index >= 15 is 4.79 Å². The highest BCUT2D eigenvalue weighted by Gasteiger charge is 2.65. The van der Waals surface area contributed by atoms with E-state index in [1.54, 1.807) is 24.3 Å². The second kappa shape index (κ2) is 22.8. The van der Waals surface area contributed by atoms with Gasteiger partial charge in [-0.3, -0.25) is 4.79 Å². The molecule has 366 valence electrons. The highest BCUT2D eigenvalue weighted by molar-refractivity contribution is 6.03. The molecule has 5 aliphatic rings. The maximum absolute atomic E-state index is 15.4. The first-order valence-electron chi connectivity index (χ1n) is 25.2. The number of ether oxygens (including phenoxy) is 5. The zero-order valence-electron chi connectivity index (χ0n) is 39.7. The van der Waals surface area contributed by atoms with Crippen molar-refractivity contribution < 1.29 is 47.9 Å². The molecule has 9 rings (SSSR count). The zero-order chi connectivity index (χ0) is 47.6. The summed E-state index contributed by atoms with van der Waals surface area (Å²) in [6.45, 7) is 5.10. The Morgan fingerprint density at radius 1 is 0.855 bits per heavy atom. The summed E-state index contributed by atoms with van der Waals surface area (Å²) in [6.07, 6.45) is 14.7. The summed E-state index contributed by atoms with van der Waals surface area (Å²) in [5.41, 5.74) is 4.91. The Balaban J connectivity index is 1.21. The van der Waals surface area contributed by atoms with Gasteiger partial charge in [0.15, 0.2) is 11.5 Å². The van der Waals surface area contributed by atoms with Gasteiger partial charge in [-0.2, -0.15) is 0 Å². The molecule has 2 fully saturated rings. The van der Waals surface area contributed by atoms with Crippen molar-refractivity contribution in [1.29, 1.82) is 0 Å². The van der Waals surface area contributed by atoms with Crippen molar-refractivity contribution in [3.8, 4) is 23.0 Å². The molecule has 6 atom stereocenters. The first kappa shape index (κ1) is 48.3. The Morgan fingerprint density at radius 2 is 1.62 bits per heavy atom. The normalized spacial score (nSPS) is 24.0. The topological polar surface area (TPSA) is 129 Å². The Hall–Kier alpha value is -5.69. The number of carbonyl (C=O) groups is 1. The Labute approximate surface area is 405 Å². The number of unbranched alkanes of at least 4 members (excludes halogenated alkanes) is 2. The molecule has 11 nitrogen and oxygen atoms in total. The molecule has 2 saturated carbocycles. The number of fused-ring (bicyclic) bond motifs is 3. The lowest BCUT2D eigenvalue weighted by Crippen LogP contribution is -2.70. The third kappa shape index (κ3) is 10.9. The monoisotopic (exact) mass is 942 g/mol. The van der Waals surface area contributed by atoms with Crippen LogP contribution in [0.15, 0.2) is 120 Å². The number of oxime groups is 1. The summed E-state index contributed by atoms with van der Waals surface area (Å²) >= 11 is 0. The van der Waals surface area contributed by atoms with Crippen LogP contribution in [0.3, 0.4) is 0 Å². The minimum atomic E-state index is -1.43. The van der Waals surface area contributed by atoms with Gasteiger partial charge in [-0.25, -0.2) is 4.39 Å². The number of allylic oxidation sites excluding steroid dienone is 1. The van der Waals surface area contributed by atoms with Gasteiger partial charge >= 0.3 is 0 Å². The van der Waals surface area contributed by atoms with E-state index in [-0.39, 0.29) is 82.3 Å². The number of rotatable bonds is 23. The molecule has 1 amide bonds. The lowest BCUT2D eigenvalue weighted by molar-refractivity contribution is -0.258. The first-order chi connectivity index (χ1) is 33.9. The minimum absolute atomic E-state index is 0.00292. The van der Waals surface area contributed by atoms with Crippen LogP contribution in [0.25, 0.3) is 0 Å². The first-order valence-corrected chi connectivity index (χ1v) is 25.2. The van der Waals surface area contributed by atoms with E-state index < -0.39 is 17.7 Å². The molecule has 69 heavy (non-hydrogen) atoms. The number of aliphatic hydroxyl groups excluding tert-OH is 2. The van der Waals surface area contributed by atoms with Gasteiger partial charge in [-0.15, -0.1) is 6.58 Å². The van der Waals surface area contributed by atoms with Crippen LogP contribution < -0.4 is 18.9 Å². The van der Waals surface area contributed by atoms with E-state index in [2.05, 4.69) is 12.7 Å². The molecule has 2 aliphatic heterocycles. The van der Waals surface area contributed by atoms with Gasteiger partial charge in [-0.05, 0) is 103 Å². The highest BCUT2D eigenvalue weighted by Crippen LogP contribution is 2.62. The molecule has 2 N–H and O–H groups in total. The van der Waals surface area contributed by atoms with E-state index in [0.29, 0.717) is 53.7 Å². The van der Waals surface area contributed by atoms with Crippen LogP contribution in [0.1, 0.15) is 112 Å². The molecular formula is C57H67FN2O9. The molecule has 0 unspecified atom stereocenters. The maximum Gasteiger partial charge on any atom is 0.239 e. The van der Waals surface area contributed by atoms with Gasteiger partial charge in [-0.1, -0.05) is 110 Å². The second-order valence-electron chi connectivity index (χ2n) is 19.3. The number of nitrogens with zero attached hydrogens (tertiary/aromatic N) is 2. The van der Waals surface area contributed by atoms with Crippen molar-refractivity contribution in [2.45, 2.75) is 121 Å². The number of hydrogen-bond donors (Lipinski definition) is 2. The van der Waals surface area contributed by atoms with Gasteiger partial charge in [0.1, 0.15) is 36.6 Å². The van der Waals surface area contributed by atoms with Gasteiger partial charge in [0, 0.05) is 49.6 Å². The van der Waals surface area contributed by atoms with Crippen LogP contribution in [-0.2, 0) is 34.1 Å². The summed E-state index contributed by atoms with van der Waals surface area (Å²) in [6, 6.07) is 27.6. The molecule has 0 radical (unpaired) electrons. The Bertz CT molecular complexity index is 2440. The number of carbonyl (C=O) groups excluding carboxylic acids is 1. The molecular weight excluding hydrogens is 876 g/mol. The van der Waals surface area contributed by atoms with Crippen LogP contribution in [-0.4, -0.2) is 65.2 Å². The molecule has 4 aromatic rings. The number of hydrogen-bond acceptors (Lipinski definition) is 10. The van der Waals surface area contributed by atoms with Crippen molar-refractivity contribution in [3.63, 3.8) is 0 Å². The number of amides is 1. The fraction of sp³-hybridized carbons (Fsp3) is 0.474. The maximum atomic E-state index is 15.4. The fourth-order valence-corrected chi connectivity index (χ4v) is 11.7. The van der Waals surface area contributed by atoms with E-state index in [1.807, 2.05) is 71.6 Å². The molecule has 12 heteroatoms. The number of benzene rings is 4. The lowest BCUT2D eigenvalue weighted by atomic mass is 9.55.